The number of urea groups is 1. The molecule has 3 amide bonds. The Bertz CT molecular complexity index is 1130. The monoisotopic (exact) mass is 492 g/mol. The number of anilines is 2. The van der Waals surface area contributed by atoms with Gasteiger partial charge in [-0.25, -0.2) is 4.79 Å². The van der Waals surface area contributed by atoms with Crippen LogP contribution >= 0.6 is 0 Å². The van der Waals surface area contributed by atoms with Crippen LogP contribution in [0.4, 0.5) is 22.4 Å². The Balaban J connectivity index is 1.02. The first-order valence-electron chi connectivity index (χ1n) is 13.0. The molecule has 11 heteroatoms. The lowest BCUT2D eigenvalue weighted by molar-refractivity contribution is -0.133. The van der Waals surface area contributed by atoms with E-state index in [1.165, 1.54) is 0 Å². The quantitative estimate of drug-likeness (QED) is 0.505. The Kier molecular flexibility index (Phi) is 7.30. The van der Waals surface area contributed by atoms with E-state index in [1.54, 1.807) is 12.3 Å². The smallest absolute Gasteiger partial charge is 0.342 e. The van der Waals surface area contributed by atoms with Crippen molar-refractivity contribution in [2.45, 2.75) is 70.4 Å². The van der Waals surface area contributed by atoms with Gasteiger partial charge in [-0.05, 0) is 63.3 Å². The predicted octanol–water partition coefficient (Wildman–Crippen LogP) is 3.48. The maximum Gasteiger partial charge on any atom is 0.532 e. The highest BCUT2D eigenvalue weighted by Crippen LogP contribution is 2.32. The van der Waals surface area contributed by atoms with Gasteiger partial charge in [0, 0.05) is 48.9 Å². The highest BCUT2D eigenvalue weighted by atomic mass is 16.2. The molecular weight excluding hydrogens is 458 g/mol. The van der Waals surface area contributed by atoms with Crippen molar-refractivity contribution in [1.29, 1.82) is 0 Å². The second-order valence-corrected chi connectivity index (χ2v) is 10.1. The molecule has 36 heavy (non-hydrogen) atoms. The second kappa shape index (κ2) is 10.9. The molecule has 11 nitrogen and oxygen atoms in total. The van der Waals surface area contributed by atoms with Gasteiger partial charge in [-0.2, -0.15) is 9.94 Å². The minimum Gasteiger partial charge on any atom is -0.342 e. The minimum absolute atomic E-state index is 0.104. The average Bonchev–Trinajstić information content (AvgIpc) is 3.66. The molecule has 5 rings (SSSR count). The largest absolute Gasteiger partial charge is 0.532 e. The number of nitrogens with zero attached hydrogens (tertiary/aromatic N) is 5. The molecule has 0 atom stereocenters. The first kappa shape index (κ1) is 24.0. The van der Waals surface area contributed by atoms with Gasteiger partial charge in [0.2, 0.25) is 11.7 Å². The van der Waals surface area contributed by atoms with E-state index >= 15 is 0 Å². The maximum absolute atomic E-state index is 12.5. The number of carbonyl (C=O) groups excluding carboxylic acids is 2. The van der Waals surface area contributed by atoms with Crippen LogP contribution in [0.5, 0.6) is 0 Å². The zero-order chi connectivity index (χ0) is 24.9. The molecule has 2 aromatic heterocycles. The lowest BCUT2D eigenvalue weighted by atomic mass is 9.87. The van der Waals surface area contributed by atoms with E-state index in [4.69, 9.17) is 0 Å². The molecule has 0 unspecified atom stereocenters. The summed E-state index contributed by atoms with van der Waals surface area (Å²) in [5.74, 6) is 2.45. The van der Waals surface area contributed by atoms with Crippen LogP contribution in [0.25, 0.3) is 4.85 Å². The Morgan fingerprint density at radius 1 is 1.03 bits per heavy atom. The third kappa shape index (κ3) is 6.50. The van der Waals surface area contributed by atoms with Crippen LogP contribution in [0.15, 0.2) is 18.3 Å². The Morgan fingerprint density at radius 3 is 2.42 bits per heavy atom. The number of rotatable bonds is 5. The molecule has 2 aliphatic carbocycles. The molecule has 3 fully saturated rings. The van der Waals surface area contributed by atoms with Crippen molar-refractivity contribution in [3.8, 4) is 6.07 Å². The van der Waals surface area contributed by atoms with Gasteiger partial charge < -0.3 is 20.9 Å². The Labute approximate surface area is 210 Å². The third-order valence-corrected chi connectivity index (χ3v) is 7.08. The summed E-state index contributed by atoms with van der Waals surface area (Å²) in [5.41, 5.74) is 0.961. The molecule has 3 heterocycles. The molecule has 0 spiro atoms. The van der Waals surface area contributed by atoms with E-state index in [0.29, 0.717) is 23.5 Å². The summed E-state index contributed by atoms with van der Waals surface area (Å²) >= 11 is 0. The summed E-state index contributed by atoms with van der Waals surface area (Å²) in [7, 11) is 0. The Morgan fingerprint density at radius 2 is 1.75 bits per heavy atom. The topological polar surface area (TPSA) is 132 Å². The van der Waals surface area contributed by atoms with Gasteiger partial charge in [0.1, 0.15) is 12.3 Å². The molecule has 2 saturated carbocycles. The summed E-state index contributed by atoms with van der Waals surface area (Å²) in [6.07, 6.45) is 8.96. The number of hydrogen-bond donors (Lipinski definition) is 4. The van der Waals surface area contributed by atoms with E-state index in [2.05, 4.69) is 47.0 Å². The highest BCUT2D eigenvalue weighted by Gasteiger charge is 2.35. The molecule has 4 N–H and O–H groups in total. The van der Waals surface area contributed by atoms with Crippen molar-refractivity contribution in [2.75, 3.05) is 18.4 Å². The molecular formula is C25H34N9O2+. The van der Waals surface area contributed by atoms with E-state index < -0.39 is 0 Å². The van der Waals surface area contributed by atoms with Crippen molar-refractivity contribution in [3.05, 3.63) is 28.9 Å². The number of H-pyrrole nitrogens is 1. The van der Waals surface area contributed by atoms with Crippen LogP contribution < -0.4 is 16.0 Å². The number of aromatic amines is 1. The molecule has 0 aromatic carbocycles. The van der Waals surface area contributed by atoms with Gasteiger partial charge in [-0.1, -0.05) is 4.98 Å². The molecule has 190 valence electrons. The lowest BCUT2D eigenvalue weighted by Gasteiger charge is -2.33. The van der Waals surface area contributed by atoms with Gasteiger partial charge in [0.15, 0.2) is 5.82 Å². The van der Waals surface area contributed by atoms with Crippen molar-refractivity contribution >= 4 is 29.5 Å². The number of piperidine rings is 1. The number of aromatic nitrogens is 4. The number of carbonyl (C=O) groups is 2. The van der Waals surface area contributed by atoms with E-state index in [9.17, 15) is 9.59 Å². The standard InChI is InChI=1S/C25H33N9O2/c1-16-14-22(33-32-16)30-21-8-11-26-24(31-21)27-15-17-2-6-19(7-3-17)28-25(36)29-20-9-12-34(13-10-20)23(35)18-4-5-18/h8,11,14,17-20H,2-7,9-10,12-13H2,1H3,(H3-,26,28,29,30,31,32,33,36)/p+1. The van der Waals surface area contributed by atoms with Gasteiger partial charge in [0.05, 0.1) is 5.92 Å². The zero-order valence-electron chi connectivity index (χ0n) is 20.7. The van der Waals surface area contributed by atoms with Gasteiger partial charge in [-0.3, -0.25) is 9.89 Å². The van der Waals surface area contributed by atoms with Crippen molar-refractivity contribution in [2.24, 2.45) is 11.8 Å². The summed E-state index contributed by atoms with van der Waals surface area (Å²) < 4.78 is 0. The average molecular weight is 493 g/mol. The first-order chi connectivity index (χ1) is 17.5. The lowest BCUT2D eigenvalue weighted by Crippen LogP contribution is -2.51. The van der Waals surface area contributed by atoms with E-state index in [-0.39, 0.29) is 30.0 Å². The fraction of sp³-hybridized carbons (Fsp3) is 0.600. The third-order valence-electron chi connectivity index (χ3n) is 7.08. The van der Waals surface area contributed by atoms with Crippen LogP contribution in [0, 0.1) is 24.8 Å². The number of aryl methyl sites for hydroxylation is 1. The van der Waals surface area contributed by atoms with Crippen LogP contribution in [0.2, 0.25) is 0 Å². The van der Waals surface area contributed by atoms with Crippen molar-refractivity contribution in [1.82, 2.24) is 35.7 Å². The van der Waals surface area contributed by atoms with Crippen LogP contribution in [0.1, 0.15) is 57.1 Å². The minimum atomic E-state index is -0.104. The van der Waals surface area contributed by atoms with Gasteiger partial charge in [0.25, 0.3) is 0 Å². The van der Waals surface area contributed by atoms with Crippen molar-refractivity contribution < 1.29 is 9.59 Å². The number of likely N-dealkylation sites (tertiary alicyclic amines) is 1. The molecule has 3 aliphatic rings. The Hall–Kier alpha value is -3.68. The van der Waals surface area contributed by atoms with Crippen LogP contribution in [-0.2, 0) is 4.79 Å². The highest BCUT2D eigenvalue weighted by molar-refractivity contribution is 5.81. The van der Waals surface area contributed by atoms with E-state index in [1.807, 2.05) is 17.9 Å². The maximum atomic E-state index is 12.5. The van der Waals surface area contributed by atoms with Crippen LogP contribution in [-0.4, -0.2) is 62.2 Å². The summed E-state index contributed by atoms with van der Waals surface area (Å²) in [5, 5.41) is 16.4. The number of amides is 3. The predicted molar refractivity (Wildman–Crippen MR) is 135 cm³/mol. The fourth-order valence-corrected chi connectivity index (χ4v) is 4.85. The second-order valence-electron chi connectivity index (χ2n) is 10.1. The van der Waals surface area contributed by atoms with Crippen LogP contribution in [0.3, 0.4) is 0 Å². The summed E-state index contributed by atoms with van der Waals surface area (Å²) in [6.45, 7) is 3.42. The summed E-state index contributed by atoms with van der Waals surface area (Å²) in [6, 6.07) is 7.03. The van der Waals surface area contributed by atoms with E-state index in [0.717, 1.165) is 70.2 Å². The molecule has 2 aromatic rings. The fourth-order valence-electron chi connectivity index (χ4n) is 4.85. The van der Waals surface area contributed by atoms with Gasteiger partial charge >= 0.3 is 12.0 Å². The number of nitrogens with one attached hydrogen (secondary N) is 4. The zero-order valence-corrected chi connectivity index (χ0v) is 20.7. The molecule has 1 saturated heterocycles. The van der Waals surface area contributed by atoms with Crippen molar-refractivity contribution in [3.63, 3.8) is 0 Å². The molecule has 0 bridgehead atoms. The molecule has 1 aliphatic heterocycles. The first-order valence-corrected chi connectivity index (χ1v) is 13.0. The van der Waals surface area contributed by atoms with Gasteiger partial charge in [-0.15, -0.1) is 0 Å². The number of hydrogen-bond acceptors (Lipinski definition) is 6. The SMILES string of the molecule is Cc1cc(Nc2ccnc([N+]#CC3CCC(NC(=O)NC4CCN(C(=O)C5CC5)CC4)CC3)n2)n[nH]1. The normalized spacial score (nSPS) is 22.3. The summed E-state index contributed by atoms with van der Waals surface area (Å²) in [4.78, 5) is 39.6. The molecule has 0 radical (unpaired) electrons.